The molecule has 0 saturated carbocycles. The van der Waals surface area contributed by atoms with Gasteiger partial charge in [-0.3, -0.25) is 4.79 Å². The zero-order valence-electron chi connectivity index (χ0n) is 18.8. The van der Waals surface area contributed by atoms with Crippen LogP contribution in [0.25, 0.3) is 10.2 Å². The third-order valence-electron chi connectivity index (χ3n) is 6.25. The van der Waals surface area contributed by atoms with E-state index in [1.165, 1.54) is 24.5 Å². The first-order valence-electron chi connectivity index (χ1n) is 11.7. The van der Waals surface area contributed by atoms with E-state index < -0.39 is 6.10 Å². The van der Waals surface area contributed by atoms with Crippen LogP contribution in [0, 0.1) is 5.92 Å². The normalized spacial score (nSPS) is 18.0. The van der Waals surface area contributed by atoms with Gasteiger partial charge in [0.2, 0.25) is 0 Å². The first-order chi connectivity index (χ1) is 16.1. The number of H-pyrrole nitrogens is 1. The summed E-state index contributed by atoms with van der Waals surface area (Å²) in [5.41, 5.74) is 2.37. The average Bonchev–Trinajstić information content (AvgIpc) is 3.22. The topological polar surface area (TPSA) is 97.8 Å². The number of hydrogen-bond donors (Lipinski definition) is 4. The Morgan fingerprint density at radius 1 is 1.21 bits per heavy atom. The van der Waals surface area contributed by atoms with E-state index in [2.05, 4.69) is 39.5 Å². The van der Waals surface area contributed by atoms with Gasteiger partial charge in [-0.2, -0.15) is 0 Å². The lowest BCUT2D eigenvalue weighted by atomic mass is 9.98. The van der Waals surface area contributed by atoms with Gasteiger partial charge in [-0.05, 0) is 49.9 Å². The minimum Gasteiger partial charge on any atom is -0.506 e. The number of aromatic amines is 1. The summed E-state index contributed by atoms with van der Waals surface area (Å²) in [6, 6.07) is 13.6. The van der Waals surface area contributed by atoms with Crippen molar-refractivity contribution in [3.8, 4) is 5.75 Å². The van der Waals surface area contributed by atoms with Gasteiger partial charge in [-0.1, -0.05) is 47.7 Å². The van der Waals surface area contributed by atoms with E-state index in [1.54, 1.807) is 6.07 Å². The molecule has 1 aliphatic heterocycles. The predicted octanol–water partition coefficient (Wildman–Crippen LogP) is 2.89. The molecule has 33 heavy (non-hydrogen) atoms. The van der Waals surface area contributed by atoms with Gasteiger partial charge < -0.3 is 30.2 Å². The summed E-state index contributed by atoms with van der Waals surface area (Å²) in [5.74, 6) is 0.567. The second kappa shape index (κ2) is 11.8. The van der Waals surface area contributed by atoms with E-state index in [0.29, 0.717) is 28.2 Å². The van der Waals surface area contributed by atoms with E-state index in [-0.39, 0.29) is 10.6 Å². The number of nitrogens with one attached hydrogen (secondary N) is 2. The number of rotatable bonds is 11. The predicted molar refractivity (Wildman–Crippen MR) is 132 cm³/mol. The highest BCUT2D eigenvalue weighted by Gasteiger charge is 2.21. The fourth-order valence-electron chi connectivity index (χ4n) is 4.49. The van der Waals surface area contributed by atoms with Crippen LogP contribution in [0.4, 0.5) is 0 Å². The van der Waals surface area contributed by atoms with Crippen LogP contribution in [0.2, 0.25) is 0 Å². The third-order valence-corrected chi connectivity index (χ3v) is 7.18. The molecule has 1 fully saturated rings. The molecule has 0 amide bonds. The Labute approximate surface area is 198 Å². The van der Waals surface area contributed by atoms with Crippen molar-refractivity contribution < 1.29 is 14.9 Å². The number of hydrogen-bond acceptors (Lipinski definition) is 7. The first-order valence-corrected chi connectivity index (χ1v) is 12.5. The van der Waals surface area contributed by atoms with E-state index in [0.717, 1.165) is 57.2 Å². The Morgan fingerprint density at radius 3 is 2.91 bits per heavy atom. The molecule has 4 rings (SSSR count). The lowest BCUT2D eigenvalue weighted by Gasteiger charge is -2.33. The number of phenolic OH excluding ortho intramolecular Hbond substituents is 1. The summed E-state index contributed by atoms with van der Waals surface area (Å²) in [6.07, 6.45) is 2.56. The van der Waals surface area contributed by atoms with E-state index >= 15 is 0 Å². The van der Waals surface area contributed by atoms with Crippen LogP contribution in [-0.4, -0.2) is 66.0 Å². The molecule has 2 heterocycles. The Balaban J connectivity index is 1.16. The van der Waals surface area contributed by atoms with Crippen molar-refractivity contribution in [1.29, 1.82) is 0 Å². The van der Waals surface area contributed by atoms with Gasteiger partial charge in [-0.15, -0.1) is 0 Å². The number of aromatic hydroxyl groups is 1. The van der Waals surface area contributed by atoms with Gasteiger partial charge >= 0.3 is 4.87 Å². The summed E-state index contributed by atoms with van der Waals surface area (Å²) in [5, 5.41) is 24.0. The molecule has 0 bridgehead atoms. The van der Waals surface area contributed by atoms with Crippen LogP contribution in [0.3, 0.4) is 0 Å². The molecule has 2 atom stereocenters. The van der Waals surface area contributed by atoms with Crippen molar-refractivity contribution in [3.05, 3.63) is 63.3 Å². The fraction of sp³-hybridized carbons (Fsp3) is 0.480. The van der Waals surface area contributed by atoms with Gasteiger partial charge in [0.1, 0.15) is 11.3 Å². The maximum atomic E-state index is 11.7. The lowest BCUT2D eigenvalue weighted by molar-refractivity contribution is 0.0853. The van der Waals surface area contributed by atoms with Crippen molar-refractivity contribution in [2.45, 2.75) is 25.4 Å². The van der Waals surface area contributed by atoms with Crippen molar-refractivity contribution in [2.24, 2.45) is 5.92 Å². The second-order valence-corrected chi connectivity index (χ2v) is 9.71. The minimum absolute atomic E-state index is 0.0265. The molecule has 1 saturated heterocycles. The molecule has 1 aliphatic rings. The maximum absolute atomic E-state index is 11.7. The number of aliphatic hydroxyl groups excluding tert-OH is 1. The highest BCUT2D eigenvalue weighted by atomic mass is 32.1. The highest BCUT2D eigenvalue weighted by molar-refractivity contribution is 7.16. The van der Waals surface area contributed by atoms with Gasteiger partial charge in [0.05, 0.1) is 24.0 Å². The van der Waals surface area contributed by atoms with E-state index in [1.807, 2.05) is 6.07 Å². The molecule has 2 aromatic carbocycles. The summed E-state index contributed by atoms with van der Waals surface area (Å²) >= 11 is 1.02. The van der Waals surface area contributed by atoms with Gasteiger partial charge in [0, 0.05) is 25.2 Å². The molecule has 0 aliphatic carbocycles. The monoisotopic (exact) mass is 471 g/mol. The standard InChI is InChI=1S/C25H33N3O4S/c29-21-9-8-20(24-23(21)27-25(31)33-24)22(30)16-26-15-19-7-4-11-28(17-19)12-14-32-13-10-18-5-2-1-3-6-18/h1-3,5-6,8-9,19,22,26,29-30H,4,7,10-17H2,(H,27,31)/t19-,22-/m0/s1. The average molecular weight is 472 g/mol. The van der Waals surface area contributed by atoms with Crippen molar-refractivity contribution in [1.82, 2.24) is 15.2 Å². The second-order valence-electron chi connectivity index (χ2n) is 8.72. The fourth-order valence-corrected chi connectivity index (χ4v) is 5.41. The number of fused-ring (bicyclic) bond motifs is 1. The number of piperidine rings is 1. The maximum Gasteiger partial charge on any atom is 0.305 e. The SMILES string of the molecule is O=c1[nH]c2c(O)ccc([C@@H](O)CNC[C@@H]3CCCN(CCOCCc4ccccc4)C3)c2s1. The van der Waals surface area contributed by atoms with Crippen molar-refractivity contribution in [2.75, 3.05) is 45.9 Å². The summed E-state index contributed by atoms with van der Waals surface area (Å²) < 4.78 is 6.47. The van der Waals surface area contributed by atoms with Crippen LogP contribution in [0.15, 0.2) is 47.3 Å². The number of aromatic nitrogens is 1. The molecule has 0 unspecified atom stereocenters. The number of aliphatic hydroxyl groups is 1. The number of likely N-dealkylation sites (tertiary alicyclic amines) is 1. The van der Waals surface area contributed by atoms with E-state index in [9.17, 15) is 15.0 Å². The molecule has 0 spiro atoms. The van der Waals surface area contributed by atoms with Crippen LogP contribution >= 0.6 is 11.3 Å². The summed E-state index contributed by atoms with van der Waals surface area (Å²) in [6.45, 7) is 5.85. The molecule has 3 aromatic rings. The zero-order chi connectivity index (χ0) is 23.0. The number of benzene rings is 2. The Kier molecular flexibility index (Phi) is 8.52. The van der Waals surface area contributed by atoms with Gasteiger partial charge in [0.25, 0.3) is 0 Å². The number of nitrogens with zero attached hydrogens (tertiary/aromatic N) is 1. The Bertz CT molecular complexity index is 1070. The van der Waals surface area contributed by atoms with Gasteiger partial charge in [0.15, 0.2) is 0 Å². The first kappa shape index (κ1) is 23.9. The van der Waals surface area contributed by atoms with Crippen LogP contribution in [0.5, 0.6) is 5.75 Å². The quantitative estimate of drug-likeness (QED) is 0.321. The molecule has 8 heteroatoms. The van der Waals surface area contributed by atoms with Crippen LogP contribution in [-0.2, 0) is 11.2 Å². The van der Waals surface area contributed by atoms with Crippen molar-refractivity contribution >= 4 is 21.6 Å². The highest BCUT2D eigenvalue weighted by Crippen LogP contribution is 2.31. The molecule has 4 N–H and O–H groups in total. The Hall–Kier alpha value is -2.23. The van der Waals surface area contributed by atoms with Gasteiger partial charge in [-0.25, -0.2) is 0 Å². The third kappa shape index (κ3) is 6.65. The molecule has 178 valence electrons. The van der Waals surface area contributed by atoms with E-state index in [4.69, 9.17) is 4.74 Å². The van der Waals surface area contributed by atoms with Crippen LogP contribution in [0.1, 0.15) is 30.1 Å². The molecular weight excluding hydrogens is 438 g/mol. The number of ether oxygens (including phenoxy) is 1. The lowest BCUT2D eigenvalue weighted by Crippen LogP contribution is -2.41. The zero-order valence-corrected chi connectivity index (χ0v) is 19.7. The largest absolute Gasteiger partial charge is 0.506 e. The molecular formula is C25H33N3O4S. The number of thiazole rings is 1. The van der Waals surface area contributed by atoms with Crippen molar-refractivity contribution in [3.63, 3.8) is 0 Å². The summed E-state index contributed by atoms with van der Waals surface area (Å²) in [4.78, 5) is 16.5. The Morgan fingerprint density at radius 2 is 2.06 bits per heavy atom. The van der Waals surface area contributed by atoms with Crippen LogP contribution < -0.4 is 10.2 Å². The molecule has 7 nitrogen and oxygen atoms in total. The minimum atomic E-state index is -0.739. The molecule has 1 aromatic heterocycles. The smallest absolute Gasteiger partial charge is 0.305 e. The number of phenols is 1. The summed E-state index contributed by atoms with van der Waals surface area (Å²) in [7, 11) is 0. The molecule has 0 radical (unpaired) electrons.